The molecule has 1 aromatic heterocycles. The molecule has 0 saturated carbocycles. The normalized spacial score (nSPS) is 14.4. The molecule has 6 nitrogen and oxygen atoms in total. The highest BCUT2D eigenvalue weighted by molar-refractivity contribution is 7.99. The van der Waals surface area contributed by atoms with E-state index in [9.17, 15) is 13.6 Å². The summed E-state index contributed by atoms with van der Waals surface area (Å²) < 4.78 is 26.1. The van der Waals surface area contributed by atoms with Crippen molar-refractivity contribution in [1.29, 1.82) is 0 Å². The zero-order valence-corrected chi connectivity index (χ0v) is 22.1. The van der Waals surface area contributed by atoms with Crippen LogP contribution in [0.25, 0.3) is 11.3 Å². The first kappa shape index (κ1) is 24.4. The molecule has 1 aliphatic rings. The molecule has 3 aromatic carbocycles. The van der Waals surface area contributed by atoms with Crippen molar-refractivity contribution < 1.29 is 13.6 Å². The van der Waals surface area contributed by atoms with E-state index in [1.54, 1.807) is 16.4 Å². The number of amides is 1. The fourth-order valence-corrected chi connectivity index (χ4v) is 7.25. The highest BCUT2D eigenvalue weighted by Crippen LogP contribution is 2.39. The monoisotopic (exact) mass is 518 g/mol. The molecule has 0 saturated heterocycles. The molecule has 0 fully saturated rings. The maximum atomic E-state index is 13.5. The summed E-state index contributed by atoms with van der Waals surface area (Å²) in [5, 5.41) is 3.50. The maximum Gasteiger partial charge on any atom is 0.348 e. The van der Waals surface area contributed by atoms with Crippen LogP contribution in [0.2, 0.25) is 0 Å². The van der Waals surface area contributed by atoms with Crippen LogP contribution in [0.4, 0.5) is 10.8 Å². The van der Waals surface area contributed by atoms with Crippen molar-refractivity contribution in [3.05, 3.63) is 93.9 Å². The van der Waals surface area contributed by atoms with E-state index in [2.05, 4.69) is 5.32 Å². The molecule has 1 amide bonds. The highest BCUT2D eigenvalue weighted by atomic mass is 32.3. The Hall–Kier alpha value is -3.33. The van der Waals surface area contributed by atoms with Crippen LogP contribution in [0.15, 0.2) is 71.6 Å². The molecule has 0 bridgehead atoms. The van der Waals surface area contributed by atoms with Gasteiger partial charge < -0.3 is 5.32 Å². The van der Waals surface area contributed by atoms with Crippen molar-refractivity contribution in [1.82, 2.24) is 4.98 Å². The molecule has 2 heterocycles. The van der Waals surface area contributed by atoms with Gasteiger partial charge in [-0.05, 0) is 60.7 Å². The Morgan fingerprint density at radius 1 is 1.08 bits per heavy atom. The van der Waals surface area contributed by atoms with Crippen molar-refractivity contribution in [3.8, 4) is 11.3 Å². The smallest absolute Gasteiger partial charge is 0.302 e. The molecule has 4 aromatic rings. The van der Waals surface area contributed by atoms with Gasteiger partial charge in [0.15, 0.2) is 5.13 Å². The minimum absolute atomic E-state index is 0.0978. The van der Waals surface area contributed by atoms with E-state index in [-0.39, 0.29) is 5.91 Å². The van der Waals surface area contributed by atoms with Crippen LogP contribution < -0.4 is 9.62 Å². The largest absolute Gasteiger partial charge is 0.348 e. The minimum atomic E-state index is -3.38. The van der Waals surface area contributed by atoms with E-state index in [0.717, 1.165) is 44.1 Å². The van der Waals surface area contributed by atoms with Crippen LogP contribution in [-0.4, -0.2) is 22.0 Å². The molecule has 0 spiro atoms. The number of hydrogen-bond donors (Lipinski definition) is 2. The lowest BCUT2D eigenvalue weighted by Gasteiger charge is -2.18. The highest BCUT2D eigenvalue weighted by Gasteiger charge is 2.43. The minimum Gasteiger partial charge on any atom is -0.302 e. The predicted octanol–water partition coefficient (Wildman–Crippen LogP) is 6.23. The second kappa shape index (κ2) is 9.61. The van der Waals surface area contributed by atoms with E-state index < -0.39 is 10.4 Å². The summed E-state index contributed by atoms with van der Waals surface area (Å²) >= 11 is 1.45. The number of nitrogens with one attached hydrogen (secondary N) is 1. The van der Waals surface area contributed by atoms with Gasteiger partial charge in [0.1, 0.15) is 0 Å². The first-order chi connectivity index (χ1) is 17.2. The number of aromatic nitrogens is 1. The van der Waals surface area contributed by atoms with Crippen LogP contribution >= 0.6 is 11.3 Å². The molecule has 1 unspecified atom stereocenters. The second-order valence-corrected chi connectivity index (χ2v) is 12.2. The third-order valence-electron chi connectivity index (χ3n) is 6.37. The molecule has 8 heteroatoms. The molecule has 1 atom stereocenters. The maximum absolute atomic E-state index is 13.5. The van der Waals surface area contributed by atoms with Crippen LogP contribution in [0, 0.1) is 20.8 Å². The number of rotatable bonds is 6. The summed E-state index contributed by atoms with van der Waals surface area (Å²) in [5.41, 5.74) is 6.42. The second-order valence-electron chi connectivity index (χ2n) is 9.10. The number of aryl methyl sites for hydroxylation is 3. The summed E-state index contributed by atoms with van der Waals surface area (Å²) in [5.74, 6) is -0.0978. The van der Waals surface area contributed by atoms with Gasteiger partial charge in [0, 0.05) is 16.0 Å². The summed E-state index contributed by atoms with van der Waals surface area (Å²) in [6.07, 6.45) is 0.974. The summed E-state index contributed by atoms with van der Waals surface area (Å²) in [6.45, 7) is 6.32. The van der Waals surface area contributed by atoms with E-state index in [4.69, 9.17) is 4.98 Å². The first-order valence-electron chi connectivity index (χ1n) is 11.8. The van der Waals surface area contributed by atoms with Crippen molar-refractivity contribution in [2.75, 3.05) is 16.2 Å². The lowest BCUT2D eigenvalue weighted by atomic mass is 10.1. The van der Waals surface area contributed by atoms with Gasteiger partial charge in [-0.3, -0.25) is 4.79 Å². The lowest BCUT2D eigenvalue weighted by Crippen LogP contribution is -2.35. The molecule has 5 rings (SSSR count). The summed E-state index contributed by atoms with van der Waals surface area (Å²) in [4.78, 5) is 18.7. The van der Waals surface area contributed by atoms with E-state index in [1.165, 1.54) is 11.3 Å². The fourth-order valence-electron chi connectivity index (χ4n) is 4.64. The summed E-state index contributed by atoms with van der Waals surface area (Å²) in [7, 11) is -3.38. The van der Waals surface area contributed by atoms with Crippen molar-refractivity contribution in [2.45, 2.75) is 38.5 Å². The quantitative estimate of drug-likeness (QED) is 0.297. The van der Waals surface area contributed by atoms with Gasteiger partial charge in [-0.25, -0.2) is 4.98 Å². The number of carbonyl (C=O) groups excluding carboxylic acids is 1. The van der Waals surface area contributed by atoms with Crippen molar-refractivity contribution in [2.24, 2.45) is 0 Å². The molecule has 184 valence electrons. The predicted molar refractivity (Wildman–Crippen MR) is 147 cm³/mol. The van der Waals surface area contributed by atoms with Gasteiger partial charge in [0.05, 0.1) is 24.3 Å². The van der Waals surface area contributed by atoms with Crippen LogP contribution in [-0.2, 0) is 32.2 Å². The average Bonchev–Trinajstić information content (AvgIpc) is 3.42. The third-order valence-corrected chi connectivity index (χ3v) is 9.27. The Balaban J connectivity index is 1.36. The SMILES string of the molecule is Cc1cccc(CC(=O)Nc2nc(-c3ccc4c(c3)CCN4[S+](=O)(O)c3ccccc3C)c(C)s2)c1. The fraction of sp³-hybridized carbons (Fsp3) is 0.214. The van der Waals surface area contributed by atoms with Crippen LogP contribution in [0.5, 0.6) is 0 Å². The van der Waals surface area contributed by atoms with Crippen molar-refractivity contribution in [3.63, 3.8) is 0 Å². The standard InChI is InChI=1S/C28H27N3O3S2/c1-18-7-6-9-21(15-18)16-26(32)29-28-30-27(20(3)35-28)23-11-12-24-22(17-23)13-14-31(24)36(33,34)25-10-5-4-8-19(25)2/h4-12,15,17H,13-14,16H2,1-3H3,(H-,29,30,32,33,34)/p+1. The van der Waals surface area contributed by atoms with Crippen molar-refractivity contribution >= 4 is 38.5 Å². The van der Waals surface area contributed by atoms with Crippen LogP contribution in [0.3, 0.4) is 0 Å². The molecular formula is C28H28N3O3S2+. The summed E-state index contributed by atoms with van der Waals surface area (Å²) in [6, 6.07) is 21.0. The Morgan fingerprint density at radius 2 is 1.89 bits per heavy atom. The third kappa shape index (κ3) is 4.72. The number of fused-ring (bicyclic) bond motifs is 1. The Labute approximate surface area is 216 Å². The van der Waals surface area contributed by atoms with Gasteiger partial charge >= 0.3 is 10.4 Å². The lowest BCUT2D eigenvalue weighted by molar-refractivity contribution is -0.115. The Bertz CT molecular complexity index is 1510. The van der Waals surface area contributed by atoms with Crippen LogP contribution in [0.1, 0.15) is 27.1 Å². The molecule has 36 heavy (non-hydrogen) atoms. The van der Waals surface area contributed by atoms with E-state index >= 15 is 0 Å². The zero-order chi connectivity index (χ0) is 25.4. The van der Waals surface area contributed by atoms with Gasteiger partial charge in [-0.15, -0.1) is 11.3 Å². The average molecular weight is 519 g/mol. The zero-order valence-electron chi connectivity index (χ0n) is 20.4. The van der Waals surface area contributed by atoms with Gasteiger partial charge in [-0.1, -0.05) is 54.1 Å². The molecule has 1 aliphatic heterocycles. The van der Waals surface area contributed by atoms with Gasteiger partial charge in [0.25, 0.3) is 0 Å². The number of anilines is 2. The van der Waals surface area contributed by atoms with Gasteiger partial charge in [0.2, 0.25) is 10.8 Å². The number of thiazole rings is 1. The Kier molecular flexibility index (Phi) is 6.51. The molecule has 0 aliphatic carbocycles. The number of carbonyl (C=O) groups is 1. The Morgan fingerprint density at radius 3 is 2.67 bits per heavy atom. The van der Waals surface area contributed by atoms with Gasteiger partial charge in [-0.2, -0.15) is 8.86 Å². The molecule has 0 radical (unpaired) electrons. The molecule has 2 N–H and O–H groups in total. The topological polar surface area (TPSA) is 82.5 Å². The first-order valence-corrected chi connectivity index (χ1v) is 14.1. The van der Waals surface area contributed by atoms with E-state index in [1.807, 2.05) is 75.4 Å². The van der Waals surface area contributed by atoms with E-state index in [0.29, 0.717) is 29.4 Å². The number of hydrogen-bond acceptors (Lipinski definition) is 4. The number of nitrogens with zero attached hydrogens (tertiary/aromatic N) is 2. The molecular weight excluding hydrogens is 490 g/mol. The number of benzene rings is 3.